The van der Waals surface area contributed by atoms with Gasteiger partial charge in [-0.3, -0.25) is 9.59 Å². The summed E-state index contributed by atoms with van der Waals surface area (Å²) in [5.41, 5.74) is 0. The number of amides is 2. The van der Waals surface area contributed by atoms with Gasteiger partial charge in [-0.05, 0) is 32.6 Å². The first-order valence-corrected chi connectivity index (χ1v) is 7.71. The second kappa shape index (κ2) is 6.12. The molecule has 2 aliphatic heterocycles. The fourth-order valence-electron chi connectivity index (χ4n) is 3.15. The van der Waals surface area contributed by atoms with Gasteiger partial charge in [-0.25, -0.2) is 0 Å². The Morgan fingerprint density at radius 1 is 1.40 bits per heavy atom. The van der Waals surface area contributed by atoms with Gasteiger partial charge in [0.25, 0.3) is 0 Å². The molecule has 2 amide bonds. The van der Waals surface area contributed by atoms with E-state index >= 15 is 0 Å². The van der Waals surface area contributed by atoms with Crippen molar-refractivity contribution in [3.05, 3.63) is 0 Å². The molecule has 0 aromatic heterocycles. The van der Waals surface area contributed by atoms with E-state index in [1.165, 1.54) is 0 Å². The first-order valence-electron chi connectivity index (χ1n) is 7.71. The summed E-state index contributed by atoms with van der Waals surface area (Å²) in [4.78, 5) is 26.6. The summed E-state index contributed by atoms with van der Waals surface area (Å²) < 4.78 is 5.70. The highest BCUT2D eigenvalue weighted by atomic mass is 16.5. The second-order valence-corrected chi connectivity index (χ2v) is 6.09. The van der Waals surface area contributed by atoms with Gasteiger partial charge in [0.05, 0.1) is 12.1 Å². The molecule has 2 fully saturated rings. The number of hydrogen-bond donors (Lipinski definition) is 1. The monoisotopic (exact) mass is 282 g/mol. The average Bonchev–Trinajstić information content (AvgIpc) is 2.96. The van der Waals surface area contributed by atoms with E-state index in [2.05, 4.69) is 5.32 Å². The highest BCUT2D eigenvalue weighted by molar-refractivity contribution is 5.97. The molecule has 0 aromatic carbocycles. The van der Waals surface area contributed by atoms with Crippen LogP contribution in [0.2, 0.25) is 0 Å². The Bertz CT molecular complexity index is 379. The molecule has 0 aromatic rings. The molecule has 0 aliphatic carbocycles. The molecule has 2 saturated heterocycles. The smallest absolute Gasteiger partial charge is 0.246 e. The summed E-state index contributed by atoms with van der Waals surface area (Å²) in [6, 6.07) is -0.854. The molecule has 0 radical (unpaired) electrons. The van der Waals surface area contributed by atoms with Crippen LogP contribution in [0.5, 0.6) is 0 Å². The zero-order valence-electron chi connectivity index (χ0n) is 12.9. The molecular formula is C15H26N2O3. The molecule has 114 valence electrons. The number of carbonyl (C=O) groups is 2. The van der Waals surface area contributed by atoms with Crippen molar-refractivity contribution in [1.29, 1.82) is 0 Å². The van der Waals surface area contributed by atoms with Crippen LogP contribution in [-0.2, 0) is 14.3 Å². The molecule has 2 aliphatic rings. The van der Waals surface area contributed by atoms with Crippen molar-refractivity contribution in [1.82, 2.24) is 10.2 Å². The summed E-state index contributed by atoms with van der Waals surface area (Å²) in [5.74, 6) is 0.132. The molecule has 1 N–H and O–H groups in total. The average molecular weight is 282 g/mol. The van der Waals surface area contributed by atoms with Gasteiger partial charge in [0.15, 0.2) is 0 Å². The van der Waals surface area contributed by atoms with Crippen molar-refractivity contribution in [2.24, 2.45) is 5.92 Å². The third-order valence-corrected chi connectivity index (χ3v) is 4.77. The van der Waals surface area contributed by atoms with Crippen LogP contribution in [-0.4, -0.2) is 47.6 Å². The Labute approximate surface area is 121 Å². The summed E-state index contributed by atoms with van der Waals surface area (Å²) >= 11 is 0. The molecule has 5 nitrogen and oxygen atoms in total. The van der Waals surface area contributed by atoms with Gasteiger partial charge in [0, 0.05) is 6.61 Å². The van der Waals surface area contributed by atoms with Crippen LogP contribution in [0.1, 0.15) is 47.0 Å². The highest BCUT2D eigenvalue weighted by Crippen LogP contribution is 2.25. The van der Waals surface area contributed by atoms with Crippen molar-refractivity contribution < 1.29 is 14.3 Å². The Balaban J connectivity index is 2.19. The molecule has 5 unspecified atom stereocenters. The van der Waals surface area contributed by atoms with E-state index < -0.39 is 12.1 Å². The van der Waals surface area contributed by atoms with Crippen LogP contribution in [0.3, 0.4) is 0 Å². The van der Waals surface area contributed by atoms with Gasteiger partial charge in [0.2, 0.25) is 11.8 Å². The molecule has 2 rings (SSSR count). The maximum atomic E-state index is 12.7. The number of ether oxygens (including phenoxy) is 1. The number of nitrogens with zero attached hydrogens (tertiary/aromatic N) is 1. The Morgan fingerprint density at radius 3 is 2.65 bits per heavy atom. The summed E-state index contributed by atoms with van der Waals surface area (Å²) in [7, 11) is 0. The lowest BCUT2D eigenvalue weighted by Crippen LogP contribution is -2.67. The van der Waals surface area contributed by atoms with E-state index in [0.717, 1.165) is 25.9 Å². The fraction of sp³-hybridized carbons (Fsp3) is 0.867. The van der Waals surface area contributed by atoms with Crippen LogP contribution in [0.4, 0.5) is 0 Å². The fourth-order valence-corrected chi connectivity index (χ4v) is 3.15. The molecular weight excluding hydrogens is 256 g/mol. The van der Waals surface area contributed by atoms with Crippen molar-refractivity contribution in [3.63, 3.8) is 0 Å². The second-order valence-electron chi connectivity index (χ2n) is 6.09. The lowest BCUT2D eigenvalue weighted by molar-refractivity contribution is -0.155. The third kappa shape index (κ3) is 2.68. The normalized spacial score (nSPS) is 34.0. The van der Waals surface area contributed by atoms with E-state index in [-0.39, 0.29) is 29.9 Å². The minimum atomic E-state index is -0.415. The summed E-state index contributed by atoms with van der Waals surface area (Å²) in [6.07, 6.45) is 2.93. The minimum absolute atomic E-state index is 0.0365. The maximum Gasteiger partial charge on any atom is 0.246 e. The number of hydrogen-bond acceptors (Lipinski definition) is 3. The van der Waals surface area contributed by atoms with Gasteiger partial charge < -0.3 is 15.0 Å². The Kier molecular flexibility index (Phi) is 4.68. The van der Waals surface area contributed by atoms with Gasteiger partial charge in [0.1, 0.15) is 12.1 Å². The SMILES string of the molecule is CCC(C)C1NC(=O)C(C)N(C(C)C2CCCO2)C1=O. The lowest BCUT2D eigenvalue weighted by Gasteiger charge is -2.43. The predicted octanol–water partition coefficient (Wildman–Crippen LogP) is 1.32. The van der Waals surface area contributed by atoms with Crippen molar-refractivity contribution in [3.8, 4) is 0 Å². The molecule has 0 spiro atoms. The zero-order chi connectivity index (χ0) is 14.9. The van der Waals surface area contributed by atoms with Gasteiger partial charge in [-0.15, -0.1) is 0 Å². The van der Waals surface area contributed by atoms with Crippen molar-refractivity contribution in [2.75, 3.05) is 6.61 Å². The number of nitrogens with one attached hydrogen (secondary N) is 1. The molecule has 5 heteroatoms. The summed E-state index contributed by atoms with van der Waals surface area (Å²) in [5, 5.41) is 2.87. The van der Waals surface area contributed by atoms with E-state index in [1.54, 1.807) is 11.8 Å². The van der Waals surface area contributed by atoms with Crippen LogP contribution in [0.25, 0.3) is 0 Å². The molecule has 5 atom stereocenters. The zero-order valence-corrected chi connectivity index (χ0v) is 12.9. The van der Waals surface area contributed by atoms with Crippen molar-refractivity contribution in [2.45, 2.75) is 71.2 Å². The first-order chi connectivity index (χ1) is 9.47. The largest absolute Gasteiger partial charge is 0.376 e. The maximum absolute atomic E-state index is 12.7. The topological polar surface area (TPSA) is 58.6 Å². The lowest BCUT2D eigenvalue weighted by atomic mass is 9.92. The number of piperazine rings is 1. The minimum Gasteiger partial charge on any atom is -0.376 e. The molecule has 20 heavy (non-hydrogen) atoms. The number of rotatable bonds is 4. The van der Waals surface area contributed by atoms with Crippen LogP contribution in [0, 0.1) is 5.92 Å². The van der Waals surface area contributed by atoms with Gasteiger partial charge in [-0.2, -0.15) is 0 Å². The predicted molar refractivity (Wildman–Crippen MR) is 76.1 cm³/mol. The van der Waals surface area contributed by atoms with E-state index in [1.807, 2.05) is 20.8 Å². The van der Waals surface area contributed by atoms with Crippen molar-refractivity contribution >= 4 is 11.8 Å². The highest BCUT2D eigenvalue weighted by Gasteiger charge is 2.44. The van der Waals surface area contributed by atoms with E-state index in [0.29, 0.717) is 0 Å². The standard InChI is InChI=1S/C15H26N2O3/c1-5-9(2)13-15(19)17(11(4)14(18)16-13)10(3)12-7-6-8-20-12/h9-13H,5-8H2,1-4H3,(H,16,18). The Morgan fingerprint density at radius 2 is 2.10 bits per heavy atom. The van der Waals surface area contributed by atoms with Gasteiger partial charge >= 0.3 is 0 Å². The Hall–Kier alpha value is -1.10. The molecule has 0 bridgehead atoms. The van der Waals surface area contributed by atoms with Gasteiger partial charge in [-0.1, -0.05) is 20.3 Å². The quantitative estimate of drug-likeness (QED) is 0.846. The number of carbonyl (C=O) groups excluding carboxylic acids is 2. The molecule has 2 heterocycles. The first kappa shape index (κ1) is 15.3. The van der Waals surface area contributed by atoms with Crippen LogP contribution in [0.15, 0.2) is 0 Å². The van der Waals surface area contributed by atoms with E-state index in [4.69, 9.17) is 4.74 Å². The third-order valence-electron chi connectivity index (χ3n) is 4.77. The van der Waals surface area contributed by atoms with Crippen LogP contribution >= 0.6 is 0 Å². The van der Waals surface area contributed by atoms with Crippen LogP contribution < -0.4 is 5.32 Å². The summed E-state index contributed by atoms with van der Waals surface area (Å²) in [6.45, 7) is 8.60. The van der Waals surface area contributed by atoms with E-state index in [9.17, 15) is 9.59 Å². The molecule has 0 saturated carbocycles.